The van der Waals surface area contributed by atoms with Crippen molar-refractivity contribution in [2.24, 2.45) is 0 Å². The second kappa shape index (κ2) is 5.34. The fourth-order valence-corrected chi connectivity index (χ4v) is 1.30. The predicted molar refractivity (Wildman–Crippen MR) is 68.8 cm³/mol. The molecule has 0 radical (unpaired) electrons. The number of amides is 1. The third kappa shape index (κ3) is 4.01. The summed E-state index contributed by atoms with van der Waals surface area (Å²) in [5.74, 6) is -1.24. The van der Waals surface area contributed by atoms with Crippen LogP contribution in [0, 0.1) is 5.95 Å². The highest BCUT2D eigenvalue weighted by atomic mass is 19.1. The number of rotatable bonds is 2. The average Bonchev–Trinajstić information content (AvgIpc) is 2.24. The van der Waals surface area contributed by atoms with Crippen molar-refractivity contribution in [2.75, 3.05) is 11.9 Å². The first kappa shape index (κ1) is 15.1. The Labute approximate surface area is 111 Å². The van der Waals surface area contributed by atoms with Gasteiger partial charge in [-0.15, -0.1) is 0 Å². The second-order valence-corrected chi connectivity index (χ2v) is 5.10. The van der Waals surface area contributed by atoms with Gasteiger partial charge in [-0.2, -0.15) is 4.39 Å². The number of carbonyl (C=O) groups is 2. The number of aromatic nitrogens is 1. The third-order valence-corrected chi connectivity index (χ3v) is 2.22. The maximum atomic E-state index is 13.6. The van der Waals surface area contributed by atoms with E-state index in [1.807, 2.05) is 0 Å². The van der Waals surface area contributed by atoms with Crippen molar-refractivity contribution in [1.82, 2.24) is 4.98 Å². The molecule has 0 saturated carbocycles. The standard InChI is InChI=1S/C13H17FN2O3/c1-8(17)9-6-7-10(15-11(9)14)16(5)12(18)19-13(2,3)4/h6-7H,1-5H3. The van der Waals surface area contributed by atoms with Crippen molar-refractivity contribution in [1.29, 1.82) is 0 Å². The molecule has 0 spiro atoms. The molecule has 0 atom stereocenters. The summed E-state index contributed by atoms with van der Waals surface area (Å²) in [5.41, 5.74) is -0.759. The van der Waals surface area contributed by atoms with E-state index in [2.05, 4.69) is 4.98 Å². The van der Waals surface area contributed by atoms with Crippen LogP contribution in [0.1, 0.15) is 38.1 Å². The lowest BCUT2D eigenvalue weighted by Crippen LogP contribution is -2.34. The van der Waals surface area contributed by atoms with Gasteiger partial charge in [0.1, 0.15) is 11.4 Å². The van der Waals surface area contributed by atoms with Gasteiger partial charge in [-0.25, -0.2) is 9.78 Å². The number of anilines is 1. The quantitative estimate of drug-likeness (QED) is 0.611. The summed E-state index contributed by atoms with van der Waals surface area (Å²) in [5, 5.41) is 0. The van der Waals surface area contributed by atoms with Gasteiger partial charge in [0.15, 0.2) is 5.78 Å². The number of nitrogens with zero attached hydrogens (tertiary/aromatic N) is 2. The smallest absolute Gasteiger partial charge is 0.415 e. The van der Waals surface area contributed by atoms with E-state index in [1.165, 1.54) is 26.1 Å². The summed E-state index contributed by atoms with van der Waals surface area (Å²) < 4.78 is 18.7. The van der Waals surface area contributed by atoms with Crippen LogP contribution in [-0.2, 0) is 4.74 Å². The van der Waals surface area contributed by atoms with E-state index in [4.69, 9.17) is 4.74 Å². The minimum Gasteiger partial charge on any atom is -0.443 e. The van der Waals surface area contributed by atoms with Crippen LogP contribution in [0.2, 0.25) is 0 Å². The predicted octanol–water partition coefficient (Wildman–Crippen LogP) is 2.79. The molecule has 1 aromatic heterocycles. The van der Waals surface area contributed by atoms with Crippen molar-refractivity contribution in [3.63, 3.8) is 0 Å². The normalized spacial score (nSPS) is 11.1. The van der Waals surface area contributed by atoms with Crippen LogP contribution in [-0.4, -0.2) is 29.5 Å². The molecule has 0 fully saturated rings. The zero-order chi connectivity index (χ0) is 14.8. The largest absolute Gasteiger partial charge is 0.443 e. The molecular formula is C13H17FN2O3. The van der Waals surface area contributed by atoms with Gasteiger partial charge < -0.3 is 4.74 Å². The number of halogens is 1. The molecule has 0 bridgehead atoms. The molecule has 0 aliphatic rings. The zero-order valence-electron chi connectivity index (χ0n) is 11.7. The van der Waals surface area contributed by atoms with Gasteiger partial charge in [-0.1, -0.05) is 0 Å². The van der Waals surface area contributed by atoms with Crippen LogP contribution >= 0.6 is 0 Å². The molecule has 1 rings (SSSR count). The summed E-state index contributed by atoms with van der Waals surface area (Å²) in [4.78, 5) is 27.5. The Hall–Kier alpha value is -1.98. The number of carbonyl (C=O) groups excluding carboxylic acids is 2. The Morgan fingerprint density at radius 2 is 1.89 bits per heavy atom. The Balaban J connectivity index is 2.95. The minimum absolute atomic E-state index is 0.0803. The molecule has 0 aromatic carbocycles. The van der Waals surface area contributed by atoms with Gasteiger partial charge in [0.05, 0.1) is 5.56 Å². The SMILES string of the molecule is CC(=O)c1ccc(N(C)C(=O)OC(C)(C)C)nc1F. The van der Waals surface area contributed by atoms with Crippen LogP contribution in [0.5, 0.6) is 0 Å². The Morgan fingerprint density at radius 3 is 2.32 bits per heavy atom. The number of hydrogen-bond donors (Lipinski definition) is 0. The monoisotopic (exact) mass is 268 g/mol. The maximum Gasteiger partial charge on any atom is 0.415 e. The lowest BCUT2D eigenvalue weighted by Gasteiger charge is -2.24. The van der Waals surface area contributed by atoms with Gasteiger partial charge in [0, 0.05) is 7.05 Å². The highest BCUT2D eigenvalue weighted by Crippen LogP contribution is 2.17. The first-order valence-electron chi connectivity index (χ1n) is 5.76. The van der Waals surface area contributed by atoms with Gasteiger partial charge in [-0.05, 0) is 39.8 Å². The van der Waals surface area contributed by atoms with Crippen molar-refractivity contribution in [2.45, 2.75) is 33.3 Å². The number of ketones is 1. The summed E-state index contributed by atoms with van der Waals surface area (Å²) >= 11 is 0. The minimum atomic E-state index is -0.902. The van der Waals surface area contributed by atoms with Gasteiger partial charge >= 0.3 is 6.09 Å². The number of Topliss-reactive ketones (excluding diaryl/α,β-unsaturated/α-hetero) is 1. The average molecular weight is 268 g/mol. The van der Waals surface area contributed by atoms with Crippen LogP contribution in [0.3, 0.4) is 0 Å². The summed E-state index contributed by atoms with van der Waals surface area (Å²) in [7, 11) is 1.42. The molecule has 0 N–H and O–H groups in total. The van der Waals surface area contributed by atoms with Gasteiger partial charge in [0.2, 0.25) is 5.95 Å². The molecule has 0 aliphatic carbocycles. The summed E-state index contributed by atoms with van der Waals surface area (Å²) in [6.07, 6.45) is -0.644. The third-order valence-electron chi connectivity index (χ3n) is 2.22. The van der Waals surface area contributed by atoms with E-state index in [0.717, 1.165) is 4.90 Å². The van der Waals surface area contributed by atoms with Crippen LogP contribution in [0.15, 0.2) is 12.1 Å². The zero-order valence-corrected chi connectivity index (χ0v) is 11.7. The molecule has 19 heavy (non-hydrogen) atoms. The summed E-state index contributed by atoms with van der Waals surface area (Å²) in [6, 6.07) is 2.69. The molecule has 1 amide bonds. The Kier molecular flexibility index (Phi) is 4.24. The van der Waals surface area contributed by atoms with Crippen molar-refractivity contribution in [3.8, 4) is 0 Å². The highest BCUT2D eigenvalue weighted by Gasteiger charge is 2.22. The molecule has 0 unspecified atom stereocenters. The second-order valence-electron chi connectivity index (χ2n) is 5.10. The van der Waals surface area contributed by atoms with E-state index in [0.29, 0.717) is 0 Å². The molecule has 104 valence electrons. The fraction of sp³-hybridized carbons (Fsp3) is 0.462. The molecule has 6 heteroatoms. The van der Waals surface area contributed by atoms with E-state index < -0.39 is 23.4 Å². The van der Waals surface area contributed by atoms with E-state index >= 15 is 0 Å². The lowest BCUT2D eigenvalue weighted by atomic mass is 10.2. The summed E-state index contributed by atoms with van der Waals surface area (Å²) in [6.45, 7) is 6.43. The number of pyridine rings is 1. The van der Waals surface area contributed by atoms with E-state index in [-0.39, 0.29) is 11.4 Å². The highest BCUT2D eigenvalue weighted by molar-refractivity contribution is 5.94. The molecule has 0 aliphatic heterocycles. The van der Waals surface area contributed by atoms with Gasteiger partial charge in [0.25, 0.3) is 0 Å². The molecule has 1 heterocycles. The topological polar surface area (TPSA) is 59.5 Å². The Morgan fingerprint density at radius 1 is 1.32 bits per heavy atom. The van der Waals surface area contributed by atoms with Crippen molar-refractivity contribution >= 4 is 17.7 Å². The first-order chi connectivity index (χ1) is 8.61. The van der Waals surface area contributed by atoms with E-state index in [1.54, 1.807) is 20.8 Å². The molecule has 0 saturated heterocycles. The Bertz CT molecular complexity index is 509. The van der Waals surface area contributed by atoms with Crippen LogP contribution < -0.4 is 4.90 Å². The fourth-order valence-electron chi connectivity index (χ4n) is 1.30. The van der Waals surface area contributed by atoms with Crippen LogP contribution in [0.4, 0.5) is 15.0 Å². The molecular weight excluding hydrogens is 251 g/mol. The molecule has 5 nitrogen and oxygen atoms in total. The van der Waals surface area contributed by atoms with Crippen LogP contribution in [0.25, 0.3) is 0 Å². The number of ether oxygens (including phenoxy) is 1. The van der Waals surface area contributed by atoms with Gasteiger partial charge in [-0.3, -0.25) is 9.69 Å². The van der Waals surface area contributed by atoms with Crippen molar-refractivity contribution < 1.29 is 18.7 Å². The lowest BCUT2D eigenvalue weighted by molar-refractivity contribution is 0.0588. The first-order valence-corrected chi connectivity index (χ1v) is 5.76. The molecule has 1 aromatic rings. The van der Waals surface area contributed by atoms with Crippen molar-refractivity contribution in [3.05, 3.63) is 23.6 Å². The maximum absolute atomic E-state index is 13.6. The van der Waals surface area contributed by atoms with E-state index in [9.17, 15) is 14.0 Å². The number of hydrogen-bond acceptors (Lipinski definition) is 4.